The second kappa shape index (κ2) is 7.38. The number of rotatable bonds is 5. The third-order valence-electron chi connectivity index (χ3n) is 3.43. The van der Waals surface area contributed by atoms with E-state index in [1.54, 1.807) is 6.92 Å². The molecule has 1 amide bonds. The molecule has 2 rings (SSSR count). The monoisotopic (exact) mass is 333 g/mol. The summed E-state index contributed by atoms with van der Waals surface area (Å²) < 4.78 is 5.29. The highest BCUT2D eigenvalue weighted by Crippen LogP contribution is 2.35. The van der Waals surface area contributed by atoms with Crippen LogP contribution in [-0.4, -0.2) is 17.6 Å². The van der Waals surface area contributed by atoms with E-state index in [9.17, 15) is 9.90 Å². The number of carbonyl (C=O) groups is 1. The molecule has 0 aliphatic rings. The Hall–Kier alpha value is -2.20. The summed E-state index contributed by atoms with van der Waals surface area (Å²) in [6.07, 6.45) is 0. The van der Waals surface area contributed by atoms with Gasteiger partial charge < -0.3 is 15.2 Å². The summed E-state index contributed by atoms with van der Waals surface area (Å²) in [4.78, 5) is 12.3. The van der Waals surface area contributed by atoms with Gasteiger partial charge in [0.2, 0.25) is 0 Å². The van der Waals surface area contributed by atoms with E-state index in [4.69, 9.17) is 16.3 Å². The third kappa shape index (κ3) is 4.17. The first-order chi connectivity index (χ1) is 10.9. The molecule has 5 heteroatoms. The molecule has 0 saturated heterocycles. The lowest BCUT2D eigenvalue weighted by Gasteiger charge is -2.11. The summed E-state index contributed by atoms with van der Waals surface area (Å²) in [5, 5.41) is 12.7. The van der Waals surface area contributed by atoms with E-state index in [0.29, 0.717) is 23.8 Å². The highest BCUT2D eigenvalue weighted by molar-refractivity contribution is 6.32. The molecule has 0 aromatic heterocycles. The lowest BCUT2D eigenvalue weighted by molar-refractivity contribution is 0.102. The van der Waals surface area contributed by atoms with Crippen LogP contribution in [0.25, 0.3) is 0 Å². The first-order valence-electron chi connectivity index (χ1n) is 7.49. The molecular formula is C18H20ClNO3. The summed E-state index contributed by atoms with van der Waals surface area (Å²) in [5.74, 6) is 0.154. The zero-order valence-corrected chi connectivity index (χ0v) is 14.1. The first-order valence-corrected chi connectivity index (χ1v) is 7.86. The zero-order chi connectivity index (χ0) is 17.0. The van der Waals surface area contributed by atoms with E-state index in [-0.39, 0.29) is 22.4 Å². The SMILES string of the molecule is CCOc1cc(C(=O)Nc2ccc(C(C)C)cc2)cc(Cl)c1O. The molecule has 23 heavy (non-hydrogen) atoms. The number of phenolic OH excluding ortho intramolecular Hbond substituents is 1. The summed E-state index contributed by atoms with van der Waals surface area (Å²) in [6, 6.07) is 10.6. The number of benzene rings is 2. The summed E-state index contributed by atoms with van der Waals surface area (Å²) >= 11 is 5.95. The molecule has 0 spiro atoms. The summed E-state index contributed by atoms with van der Waals surface area (Å²) in [7, 11) is 0. The smallest absolute Gasteiger partial charge is 0.255 e. The van der Waals surface area contributed by atoms with Gasteiger partial charge in [0, 0.05) is 11.3 Å². The Morgan fingerprint density at radius 1 is 1.26 bits per heavy atom. The van der Waals surface area contributed by atoms with Crippen LogP contribution < -0.4 is 10.1 Å². The fourth-order valence-corrected chi connectivity index (χ4v) is 2.34. The molecule has 0 saturated carbocycles. The van der Waals surface area contributed by atoms with E-state index >= 15 is 0 Å². The van der Waals surface area contributed by atoms with Crippen LogP contribution in [0.15, 0.2) is 36.4 Å². The average molecular weight is 334 g/mol. The molecule has 2 aromatic carbocycles. The second-order valence-corrected chi connectivity index (χ2v) is 5.88. The Balaban J connectivity index is 2.20. The lowest BCUT2D eigenvalue weighted by Crippen LogP contribution is -2.12. The Kier molecular flexibility index (Phi) is 5.50. The third-order valence-corrected chi connectivity index (χ3v) is 3.71. The number of halogens is 1. The molecular weight excluding hydrogens is 314 g/mol. The number of anilines is 1. The standard InChI is InChI=1S/C18H20ClNO3/c1-4-23-16-10-13(9-15(19)17(16)21)18(22)20-14-7-5-12(6-8-14)11(2)3/h5-11,21H,4H2,1-3H3,(H,20,22). The van der Waals surface area contributed by atoms with Gasteiger partial charge in [-0.15, -0.1) is 0 Å². The Morgan fingerprint density at radius 3 is 2.48 bits per heavy atom. The van der Waals surface area contributed by atoms with E-state index < -0.39 is 0 Å². The number of carbonyl (C=O) groups excluding carboxylic acids is 1. The first kappa shape index (κ1) is 17.2. The van der Waals surface area contributed by atoms with Crippen molar-refractivity contribution in [2.75, 3.05) is 11.9 Å². The number of nitrogens with one attached hydrogen (secondary N) is 1. The Labute approximate surface area is 141 Å². The molecule has 0 unspecified atom stereocenters. The highest BCUT2D eigenvalue weighted by Gasteiger charge is 2.14. The van der Waals surface area contributed by atoms with Crippen molar-refractivity contribution in [2.24, 2.45) is 0 Å². The van der Waals surface area contributed by atoms with Gasteiger partial charge in [-0.1, -0.05) is 37.6 Å². The quantitative estimate of drug-likeness (QED) is 0.824. The van der Waals surface area contributed by atoms with Crippen molar-refractivity contribution in [1.29, 1.82) is 0 Å². The molecule has 0 heterocycles. The number of hydrogen-bond donors (Lipinski definition) is 2. The van der Waals surface area contributed by atoms with Crippen molar-refractivity contribution < 1.29 is 14.6 Å². The van der Waals surface area contributed by atoms with Crippen molar-refractivity contribution >= 4 is 23.2 Å². The molecule has 0 radical (unpaired) electrons. The molecule has 0 atom stereocenters. The molecule has 0 aliphatic carbocycles. The number of ether oxygens (including phenoxy) is 1. The van der Waals surface area contributed by atoms with Crippen LogP contribution in [0, 0.1) is 0 Å². The second-order valence-electron chi connectivity index (χ2n) is 5.47. The van der Waals surface area contributed by atoms with Gasteiger partial charge >= 0.3 is 0 Å². The van der Waals surface area contributed by atoms with E-state index in [2.05, 4.69) is 19.2 Å². The maximum absolute atomic E-state index is 12.3. The molecule has 4 nitrogen and oxygen atoms in total. The minimum Gasteiger partial charge on any atom is -0.503 e. The van der Waals surface area contributed by atoms with Gasteiger partial charge in [0.1, 0.15) is 0 Å². The van der Waals surface area contributed by atoms with E-state index in [0.717, 1.165) is 0 Å². The average Bonchev–Trinajstić information content (AvgIpc) is 2.52. The van der Waals surface area contributed by atoms with Crippen LogP contribution in [-0.2, 0) is 0 Å². The molecule has 0 aliphatic heterocycles. The Bertz CT molecular complexity index is 696. The number of aromatic hydroxyl groups is 1. The minimum absolute atomic E-state index is 0.0799. The molecule has 122 valence electrons. The van der Waals surface area contributed by atoms with Gasteiger partial charge in [-0.05, 0) is 42.7 Å². The minimum atomic E-state index is -0.315. The van der Waals surface area contributed by atoms with Crippen LogP contribution in [0.2, 0.25) is 5.02 Å². The van der Waals surface area contributed by atoms with Gasteiger partial charge in [-0.2, -0.15) is 0 Å². The van der Waals surface area contributed by atoms with Crippen molar-refractivity contribution in [2.45, 2.75) is 26.7 Å². The van der Waals surface area contributed by atoms with Crippen molar-refractivity contribution in [3.63, 3.8) is 0 Å². The summed E-state index contributed by atoms with van der Waals surface area (Å²) in [6.45, 7) is 6.38. The largest absolute Gasteiger partial charge is 0.503 e. The van der Waals surface area contributed by atoms with Crippen molar-refractivity contribution in [3.05, 3.63) is 52.5 Å². The van der Waals surface area contributed by atoms with E-state index in [1.165, 1.54) is 17.7 Å². The topological polar surface area (TPSA) is 58.6 Å². The molecule has 0 fully saturated rings. The normalized spacial score (nSPS) is 10.7. The maximum atomic E-state index is 12.3. The predicted molar refractivity (Wildman–Crippen MR) is 92.8 cm³/mol. The van der Waals surface area contributed by atoms with Gasteiger partial charge in [0.05, 0.1) is 11.6 Å². The number of amides is 1. The van der Waals surface area contributed by atoms with E-state index in [1.807, 2.05) is 24.3 Å². The van der Waals surface area contributed by atoms with Gasteiger partial charge in [0.25, 0.3) is 5.91 Å². The number of phenols is 1. The van der Waals surface area contributed by atoms with Crippen LogP contribution in [0.5, 0.6) is 11.5 Å². The van der Waals surface area contributed by atoms with Gasteiger partial charge in [0.15, 0.2) is 11.5 Å². The molecule has 0 bridgehead atoms. The van der Waals surface area contributed by atoms with Gasteiger partial charge in [-0.3, -0.25) is 4.79 Å². The van der Waals surface area contributed by atoms with Crippen LogP contribution >= 0.6 is 11.6 Å². The highest BCUT2D eigenvalue weighted by atomic mass is 35.5. The number of hydrogen-bond acceptors (Lipinski definition) is 3. The Morgan fingerprint density at radius 2 is 1.91 bits per heavy atom. The fraction of sp³-hybridized carbons (Fsp3) is 0.278. The van der Waals surface area contributed by atoms with Crippen LogP contribution in [0.1, 0.15) is 42.6 Å². The van der Waals surface area contributed by atoms with Crippen LogP contribution in [0.3, 0.4) is 0 Å². The van der Waals surface area contributed by atoms with Crippen LogP contribution in [0.4, 0.5) is 5.69 Å². The maximum Gasteiger partial charge on any atom is 0.255 e. The lowest BCUT2D eigenvalue weighted by atomic mass is 10.0. The summed E-state index contributed by atoms with van der Waals surface area (Å²) in [5.41, 5.74) is 2.22. The molecule has 2 N–H and O–H groups in total. The molecule has 2 aromatic rings. The van der Waals surface area contributed by atoms with Crippen molar-refractivity contribution in [3.8, 4) is 11.5 Å². The van der Waals surface area contributed by atoms with Gasteiger partial charge in [-0.25, -0.2) is 0 Å². The predicted octanol–water partition coefficient (Wildman–Crippen LogP) is 4.82. The zero-order valence-electron chi connectivity index (χ0n) is 13.4. The van der Waals surface area contributed by atoms with Crippen molar-refractivity contribution in [1.82, 2.24) is 0 Å². The fourth-order valence-electron chi connectivity index (χ4n) is 2.13.